The molecule has 0 saturated carbocycles. The average Bonchev–Trinajstić information content (AvgIpc) is 2.83. The summed E-state index contributed by atoms with van der Waals surface area (Å²) in [5, 5.41) is 2.98. The second kappa shape index (κ2) is 6.24. The predicted octanol–water partition coefficient (Wildman–Crippen LogP) is 4.74. The number of hydrogen-bond acceptors (Lipinski definition) is 2. The minimum Gasteiger partial charge on any atom is -0.333 e. The van der Waals surface area contributed by atoms with Gasteiger partial charge in [-0.25, -0.2) is 9.37 Å². The fourth-order valence-electron chi connectivity index (χ4n) is 2.56. The van der Waals surface area contributed by atoms with Gasteiger partial charge in [-0.15, -0.1) is 0 Å². The van der Waals surface area contributed by atoms with Crippen LogP contribution in [0.2, 0.25) is 5.02 Å². The van der Waals surface area contributed by atoms with Crippen LogP contribution in [-0.4, -0.2) is 15.5 Å². The Bertz CT molecular complexity index is 916. The quantitative estimate of drug-likeness (QED) is 0.745. The highest BCUT2D eigenvalue weighted by Crippen LogP contribution is 2.29. The maximum absolute atomic E-state index is 14.0. The number of nitrogens with zero attached hydrogens (tertiary/aromatic N) is 2. The second-order valence-electron chi connectivity index (χ2n) is 6.00. The number of nitrogens with one attached hydrogen (secondary N) is 1. The smallest absolute Gasteiger partial charge is 0.258 e. The lowest BCUT2D eigenvalue weighted by Crippen LogP contribution is -2.13. The summed E-state index contributed by atoms with van der Waals surface area (Å²) in [6, 6.07) is 7.58. The summed E-state index contributed by atoms with van der Waals surface area (Å²) >= 11 is 6.23. The van der Waals surface area contributed by atoms with E-state index in [-0.39, 0.29) is 16.0 Å². The topological polar surface area (TPSA) is 46.9 Å². The van der Waals surface area contributed by atoms with Crippen LogP contribution in [0.4, 0.5) is 10.1 Å². The molecular formula is C18H17ClFN3O. The number of halogens is 2. The van der Waals surface area contributed by atoms with Gasteiger partial charge < -0.3 is 9.88 Å². The van der Waals surface area contributed by atoms with Gasteiger partial charge in [0.15, 0.2) is 5.82 Å². The zero-order valence-electron chi connectivity index (χ0n) is 13.6. The number of rotatable bonds is 3. The minimum absolute atomic E-state index is 0.0643. The molecule has 0 saturated heterocycles. The number of aryl methyl sites for hydroxylation is 1. The van der Waals surface area contributed by atoms with Crippen molar-refractivity contribution in [3.05, 3.63) is 58.6 Å². The lowest BCUT2D eigenvalue weighted by atomic mass is 10.0. The molecule has 0 radical (unpaired) electrons. The Hall–Kier alpha value is -2.40. The van der Waals surface area contributed by atoms with Crippen molar-refractivity contribution in [2.24, 2.45) is 7.05 Å². The molecule has 0 bridgehead atoms. The van der Waals surface area contributed by atoms with Gasteiger partial charge in [-0.2, -0.15) is 0 Å². The molecule has 0 aliphatic carbocycles. The maximum atomic E-state index is 14.0. The molecule has 1 amide bonds. The maximum Gasteiger partial charge on any atom is 0.258 e. The number of amides is 1. The number of carbonyl (C=O) groups is 1. The van der Waals surface area contributed by atoms with Gasteiger partial charge in [0.05, 0.1) is 16.0 Å². The Balaban J connectivity index is 1.91. The molecule has 0 atom stereocenters. The van der Waals surface area contributed by atoms with Crippen molar-refractivity contribution < 1.29 is 9.18 Å². The van der Waals surface area contributed by atoms with Gasteiger partial charge in [0, 0.05) is 25.1 Å². The third-order valence-electron chi connectivity index (χ3n) is 3.96. The van der Waals surface area contributed by atoms with E-state index in [2.05, 4.69) is 24.1 Å². The third-order valence-corrected chi connectivity index (χ3v) is 4.35. The first kappa shape index (κ1) is 16.5. The molecule has 3 rings (SSSR count). The van der Waals surface area contributed by atoms with Crippen molar-refractivity contribution in [1.82, 2.24) is 9.55 Å². The fourth-order valence-corrected chi connectivity index (χ4v) is 2.87. The number of hydrogen-bond donors (Lipinski definition) is 1. The van der Waals surface area contributed by atoms with Gasteiger partial charge in [0.25, 0.3) is 5.91 Å². The summed E-state index contributed by atoms with van der Waals surface area (Å²) < 4.78 is 15.5. The number of anilines is 1. The zero-order valence-corrected chi connectivity index (χ0v) is 14.4. The monoisotopic (exact) mass is 345 g/mol. The summed E-state index contributed by atoms with van der Waals surface area (Å²) in [5.41, 5.74) is 2.37. The molecule has 24 heavy (non-hydrogen) atoms. The molecule has 3 aromatic rings. The van der Waals surface area contributed by atoms with Gasteiger partial charge in [-0.05, 0) is 23.6 Å². The molecule has 1 N–H and O–H groups in total. The molecule has 2 aromatic heterocycles. The number of fused-ring (bicyclic) bond motifs is 1. The van der Waals surface area contributed by atoms with Crippen molar-refractivity contribution >= 4 is 34.2 Å². The first-order valence-electron chi connectivity index (χ1n) is 7.59. The van der Waals surface area contributed by atoms with Crippen molar-refractivity contribution in [1.29, 1.82) is 0 Å². The molecule has 6 heteroatoms. The highest BCUT2D eigenvalue weighted by Gasteiger charge is 2.19. The Morgan fingerprint density at radius 3 is 2.58 bits per heavy atom. The SMILES string of the molecule is CC(C)c1ccc(NC(=O)c2cnc3c(c(F)cn3C)c2Cl)cc1. The van der Waals surface area contributed by atoms with Crippen LogP contribution < -0.4 is 5.32 Å². The molecule has 0 spiro atoms. The van der Waals surface area contributed by atoms with Crippen molar-refractivity contribution in [3.63, 3.8) is 0 Å². The number of benzene rings is 1. The molecule has 0 aliphatic heterocycles. The minimum atomic E-state index is -0.499. The Morgan fingerprint density at radius 1 is 1.29 bits per heavy atom. The van der Waals surface area contributed by atoms with Crippen molar-refractivity contribution in [3.8, 4) is 0 Å². The van der Waals surface area contributed by atoms with Crippen LogP contribution in [0, 0.1) is 5.82 Å². The van der Waals surface area contributed by atoms with Crippen LogP contribution in [0.25, 0.3) is 11.0 Å². The van der Waals surface area contributed by atoms with Crippen LogP contribution in [0.5, 0.6) is 0 Å². The second-order valence-corrected chi connectivity index (χ2v) is 6.38. The van der Waals surface area contributed by atoms with Gasteiger partial charge in [0.1, 0.15) is 5.65 Å². The van der Waals surface area contributed by atoms with Crippen LogP contribution in [0.1, 0.15) is 35.7 Å². The first-order valence-corrected chi connectivity index (χ1v) is 7.96. The highest BCUT2D eigenvalue weighted by molar-refractivity contribution is 6.38. The lowest BCUT2D eigenvalue weighted by molar-refractivity contribution is 0.102. The number of carbonyl (C=O) groups excluding carboxylic acids is 1. The van der Waals surface area contributed by atoms with E-state index in [1.54, 1.807) is 7.05 Å². The van der Waals surface area contributed by atoms with Crippen LogP contribution in [0.3, 0.4) is 0 Å². The number of pyridine rings is 1. The molecule has 0 aliphatic rings. The highest BCUT2D eigenvalue weighted by atomic mass is 35.5. The number of aromatic nitrogens is 2. The molecule has 0 unspecified atom stereocenters. The van der Waals surface area contributed by atoms with Crippen LogP contribution in [-0.2, 0) is 7.05 Å². The van der Waals surface area contributed by atoms with Crippen LogP contribution in [0.15, 0.2) is 36.7 Å². The summed E-state index contributed by atoms with van der Waals surface area (Å²) in [7, 11) is 1.67. The van der Waals surface area contributed by atoms with E-state index in [0.29, 0.717) is 17.3 Å². The summed E-state index contributed by atoms with van der Waals surface area (Å²) in [6.45, 7) is 4.20. The molecule has 4 nitrogen and oxygen atoms in total. The molecule has 2 heterocycles. The van der Waals surface area contributed by atoms with E-state index in [1.165, 1.54) is 22.5 Å². The van der Waals surface area contributed by atoms with Gasteiger partial charge in [-0.3, -0.25) is 4.79 Å². The normalized spacial score (nSPS) is 11.2. The summed E-state index contributed by atoms with van der Waals surface area (Å²) in [5.74, 6) is -0.507. The molecule has 0 fully saturated rings. The summed E-state index contributed by atoms with van der Waals surface area (Å²) in [6.07, 6.45) is 2.65. The largest absolute Gasteiger partial charge is 0.333 e. The van der Waals surface area contributed by atoms with E-state index in [1.807, 2.05) is 24.3 Å². The average molecular weight is 346 g/mol. The molecular weight excluding hydrogens is 329 g/mol. The van der Waals surface area contributed by atoms with Gasteiger partial charge >= 0.3 is 0 Å². The van der Waals surface area contributed by atoms with Crippen molar-refractivity contribution in [2.75, 3.05) is 5.32 Å². The Labute approximate surface area is 144 Å². The predicted molar refractivity (Wildman–Crippen MR) is 94.2 cm³/mol. The van der Waals surface area contributed by atoms with E-state index < -0.39 is 11.7 Å². The summed E-state index contributed by atoms with van der Waals surface area (Å²) in [4.78, 5) is 16.6. The van der Waals surface area contributed by atoms with E-state index in [4.69, 9.17) is 11.6 Å². The van der Waals surface area contributed by atoms with E-state index in [9.17, 15) is 9.18 Å². The first-order chi connectivity index (χ1) is 11.4. The molecule has 124 valence electrons. The van der Waals surface area contributed by atoms with E-state index in [0.717, 1.165) is 0 Å². The Kier molecular flexibility index (Phi) is 4.28. The van der Waals surface area contributed by atoms with Crippen molar-refractivity contribution in [2.45, 2.75) is 19.8 Å². The van der Waals surface area contributed by atoms with Gasteiger partial charge in [-0.1, -0.05) is 37.6 Å². The van der Waals surface area contributed by atoms with E-state index >= 15 is 0 Å². The Morgan fingerprint density at radius 2 is 1.96 bits per heavy atom. The fraction of sp³-hybridized carbons (Fsp3) is 0.222. The standard InChI is InChI=1S/C18H17ClFN3O/c1-10(2)11-4-6-12(7-5-11)22-18(24)13-8-21-17-15(16(13)19)14(20)9-23(17)3/h4-10H,1-3H3,(H,22,24). The molecule has 1 aromatic carbocycles. The van der Waals surface area contributed by atoms with Crippen LogP contribution >= 0.6 is 11.6 Å². The lowest BCUT2D eigenvalue weighted by Gasteiger charge is -2.09. The van der Waals surface area contributed by atoms with Gasteiger partial charge in [0.2, 0.25) is 0 Å². The zero-order chi connectivity index (χ0) is 17.4. The third kappa shape index (κ3) is 2.87.